The number of carbonyl (C=O) groups is 2. The van der Waals surface area contributed by atoms with E-state index in [4.69, 9.17) is 0 Å². The van der Waals surface area contributed by atoms with Crippen molar-refractivity contribution in [3.63, 3.8) is 0 Å². The molecule has 0 aliphatic carbocycles. The van der Waals surface area contributed by atoms with Crippen molar-refractivity contribution < 1.29 is 9.59 Å². The highest BCUT2D eigenvalue weighted by atomic mass is 16.2. The summed E-state index contributed by atoms with van der Waals surface area (Å²) in [5, 5.41) is 0. The third-order valence-electron chi connectivity index (χ3n) is 3.59. The molecule has 0 aromatic heterocycles. The molecule has 2 amide bonds. The predicted octanol–water partition coefficient (Wildman–Crippen LogP) is 3.10. The number of aryl methyl sites for hydroxylation is 2. The lowest BCUT2D eigenvalue weighted by atomic mass is 10.1. The summed E-state index contributed by atoms with van der Waals surface area (Å²) in [6.45, 7) is 4.25. The van der Waals surface area contributed by atoms with Crippen molar-refractivity contribution in [1.29, 1.82) is 0 Å². The number of hydrogen-bond donors (Lipinski definition) is 0. The molecule has 20 heavy (non-hydrogen) atoms. The fraction of sp³-hybridized carbons (Fsp3) is 0.176. The molecule has 0 saturated heterocycles. The van der Waals surface area contributed by atoms with Crippen LogP contribution in [0.2, 0.25) is 0 Å². The van der Waals surface area contributed by atoms with Gasteiger partial charge in [-0.1, -0.05) is 41.5 Å². The Kier molecular flexibility index (Phi) is 2.90. The van der Waals surface area contributed by atoms with Gasteiger partial charge in [-0.15, -0.1) is 0 Å². The predicted molar refractivity (Wildman–Crippen MR) is 76.6 cm³/mol. The van der Waals surface area contributed by atoms with E-state index in [0.29, 0.717) is 17.7 Å². The summed E-state index contributed by atoms with van der Waals surface area (Å²) in [5.41, 5.74) is 4.13. The van der Waals surface area contributed by atoms with Crippen LogP contribution in [0.3, 0.4) is 0 Å². The second kappa shape index (κ2) is 4.60. The summed E-state index contributed by atoms with van der Waals surface area (Å²) in [6.07, 6.45) is 0. The van der Waals surface area contributed by atoms with Crippen molar-refractivity contribution in [3.05, 3.63) is 70.3 Å². The van der Waals surface area contributed by atoms with Gasteiger partial charge in [0, 0.05) is 0 Å². The van der Waals surface area contributed by atoms with Crippen molar-refractivity contribution in [3.8, 4) is 0 Å². The Hall–Kier alpha value is -2.42. The Morgan fingerprint density at radius 1 is 0.800 bits per heavy atom. The third-order valence-corrected chi connectivity index (χ3v) is 3.59. The van der Waals surface area contributed by atoms with Crippen molar-refractivity contribution in [2.75, 3.05) is 0 Å². The summed E-state index contributed by atoms with van der Waals surface area (Å²) in [5.74, 6) is -0.403. The van der Waals surface area contributed by atoms with Crippen molar-refractivity contribution in [2.45, 2.75) is 20.4 Å². The van der Waals surface area contributed by atoms with Crippen LogP contribution in [0.25, 0.3) is 0 Å². The van der Waals surface area contributed by atoms with E-state index < -0.39 is 0 Å². The van der Waals surface area contributed by atoms with Gasteiger partial charge in [-0.3, -0.25) is 14.5 Å². The lowest BCUT2D eigenvalue weighted by molar-refractivity contribution is 0.0642. The first-order valence-electron chi connectivity index (χ1n) is 6.58. The quantitative estimate of drug-likeness (QED) is 0.782. The summed E-state index contributed by atoms with van der Waals surface area (Å²) in [6, 6.07) is 13.2. The number of benzene rings is 2. The lowest BCUT2D eigenvalue weighted by Crippen LogP contribution is -2.29. The Morgan fingerprint density at radius 3 is 2.10 bits per heavy atom. The number of nitrogens with zero attached hydrogens (tertiary/aromatic N) is 1. The molecule has 0 spiro atoms. The maximum atomic E-state index is 12.3. The standard InChI is InChI=1S/C17H15NO2/c1-11-3-6-13(7-4-11)10-18-16(19)14-8-5-12(2)9-15(14)17(18)20/h3-9H,10H2,1-2H3. The Labute approximate surface area is 117 Å². The minimum absolute atomic E-state index is 0.200. The van der Waals surface area contributed by atoms with E-state index in [-0.39, 0.29) is 11.8 Å². The number of amides is 2. The third kappa shape index (κ3) is 2.01. The van der Waals surface area contributed by atoms with Crippen molar-refractivity contribution in [2.24, 2.45) is 0 Å². The number of rotatable bonds is 2. The van der Waals surface area contributed by atoms with Gasteiger partial charge in [-0.25, -0.2) is 0 Å². The highest BCUT2D eigenvalue weighted by Gasteiger charge is 2.35. The molecule has 0 fully saturated rings. The van der Waals surface area contributed by atoms with Crippen molar-refractivity contribution >= 4 is 11.8 Å². The zero-order chi connectivity index (χ0) is 14.3. The molecule has 3 rings (SSSR count). The summed E-state index contributed by atoms with van der Waals surface area (Å²) >= 11 is 0. The first-order valence-corrected chi connectivity index (χ1v) is 6.58. The highest BCUT2D eigenvalue weighted by Crippen LogP contribution is 2.25. The van der Waals surface area contributed by atoms with E-state index in [1.807, 2.05) is 44.2 Å². The van der Waals surface area contributed by atoms with Gasteiger partial charge in [0.15, 0.2) is 0 Å². The second-order valence-corrected chi connectivity index (χ2v) is 5.23. The van der Waals surface area contributed by atoms with Gasteiger partial charge in [0.2, 0.25) is 0 Å². The normalized spacial score (nSPS) is 13.8. The van der Waals surface area contributed by atoms with Gasteiger partial charge in [0.05, 0.1) is 17.7 Å². The fourth-order valence-electron chi connectivity index (χ4n) is 2.42. The molecule has 0 bridgehead atoms. The minimum atomic E-state index is -0.203. The smallest absolute Gasteiger partial charge is 0.261 e. The Morgan fingerprint density at radius 2 is 1.40 bits per heavy atom. The van der Waals surface area contributed by atoms with Crippen LogP contribution in [-0.2, 0) is 6.54 Å². The van der Waals surface area contributed by atoms with E-state index in [2.05, 4.69) is 0 Å². The van der Waals surface area contributed by atoms with Crippen molar-refractivity contribution in [1.82, 2.24) is 4.90 Å². The number of carbonyl (C=O) groups excluding carboxylic acids is 2. The molecule has 3 nitrogen and oxygen atoms in total. The van der Waals surface area contributed by atoms with E-state index in [1.165, 1.54) is 4.90 Å². The number of imide groups is 1. The molecule has 0 atom stereocenters. The largest absolute Gasteiger partial charge is 0.270 e. The van der Waals surface area contributed by atoms with E-state index in [1.54, 1.807) is 12.1 Å². The molecular weight excluding hydrogens is 250 g/mol. The van der Waals surface area contributed by atoms with Crippen LogP contribution in [0.1, 0.15) is 37.4 Å². The minimum Gasteiger partial charge on any atom is -0.270 e. The summed E-state index contributed by atoms with van der Waals surface area (Å²) in [4.78, 5) is 25.9. The van der Waals surface area contributed by atoms with Gasteiger partial charge < -0.3 is 0 Å². The first-order chi connectivity index (χ1) is 9.56. The van der Waals surface area contributed by atoms with Crippen LogP contribution in [-0.4, -0.2) is 16.7 Å². The summed E-state index contributed by atoms with van der Waals surface area (Å²) in [7, 11) is 0. The molecule has 1 aliphatic heterocycles. The molecule has 0 N–H and O–H groups in total. The maximum Gasteiger partial charge on any atom is 0.261 e. The second-order valence-electron chi connectivity index (χ2n) is 5.23. The van der Waals surface area contributed by atoms with Gasteiger partial charge >= 0.3 is 0 Å². The number of hydrogen-bond acceptors (Lipinski definition) is 2. The molecule has 3 heteroatoms. The number of fused-ring (bicyclic) bond motifs is 1. The van der Waals surface area contributed by atoms with Gasteiger partial charge in [-0.2, -0.15) is 0 Å². The van der Waals surface area contributed by atoms with Gasteiger partial charge in [-0.05, 0) is 31.5 Å². The van der Waals surface area contributed by atoms with Gasteiger partial charge in [0.1, 0.15) is 0 Å². The zero-order valence-electron chi connectivity index (χ0n) is 11.5. The molecule has 2 aromatic rings. The SMILES string of the molecule is Cc1ccc(CN2C(=O)c3ccc(C)cc3C2=O)cc1. The summed E-state index contributed by atoms with van der Waals surface area (Å²) < 4.78 is 0. The topological polar surface area (TPSA) is 37.4 Å². The maximum absolute atomic E-state index is 12.3. The van der Waals surface area contributed by atoms with Crippen LogP contribution >= 0.6 is 0 Å². The molecular formula is C17H15NO2. The molecule has 1 aliphatic rings. The average Bonchev–Trinajstić information content (AvgIpc) is 2.66. The van der Waals surface area contributed by atoms with Crippen LogP contribution in [0, 0.1) is 13.8 Å². The average molecular weight is 265 g/mol. The molecule has 100 valence electrons. The molecule has 0 radical (unpaired) electrons. The van der Waals surface area contributed by atoms with E-state index in [0.717, 1.165) is 16.7 Å². The molecule has 2 aromatic carbocycles. The Balaban J connectivity index is 1.91. The fourth-order valence-corrected chi connectivity index (χ4v) is 2.42. The first kappa shape index (κ1) is 12.6. The Bertz CT molecular complexity index is 701. The monoisotopic (exact) mass is 265 g/mol. The van der Waals surface area contributed by atoms with Crippen LogP contribution in [0.4, 0.5) is 0 Å². The molecule has 1 heterocycles. The van der Waals surface area contributed by atoms with Crippen LogP contribution in [0.5, 0.6) is 0 Å². The van der Waals surface area contributed by atoms with Crippen LogP contribution < -0.4 is 0 Å². The van der Waals surface area contributed by atoms with E-state index in [9.17, 15) is 9.59 Å². The lowest BCUT2D eigenvalue weighted by Gasteiger charge is -2.13. The van der Waals surface area contributed by atoms with E-state index >= 15 is 0 Å². The zero-order valence-corrected chi connectivity index (χ0v) is 11.5. The molecule has 0 unspecified atom stereocenters. The van der Waals surface area contributed by atoms with Crippen LogP contribution in [0.15, 0.2) is 42.5 Å². The van der Waals surface area contributed by atoms with Gasteiger partial charge in [0.25, 0.3) is 11.8 Å². The molecule has 0 saturated carbocycles. The highest BCUT2D eigenvalue weighted by molar-refractivity contribution is 6.21.